The van der Waals surface area contributed by atoms with Gasteiger partial charge in [-0.15, -0.1) is 0 Å². The molecule has 0 aromatic heterocycles. The van der Waals surface area contributed by atoms with Crippen molar-refractivity contribution < 1.29 is 4.79 Å². The van der Waals surface area contributed by atoms with Crippen LogP contribution in [0.2, 0.25) is 0 Å². The van der Waals surface area contributed by atoms with Crippen LogP contribution in [0.5, 0.6) is 0 Å². The summed E-state index contributed by atoms with van der Waals surface area (Å²) in [7, 11) is 0. The molecule has 0 saturated heterocycles. The van der Waals surface area contributed by atoms with Crippen LogP contribution in [0.4, 0.5) is 5.69 Å². The van der Waals surface area contributed by atoms with Crippen molar-refractivity contribution in [1.29, 1.82) is 0 Å². The molecule has 0 unspecified atom stereocenters. The number of hydrogen-bond acceptors (Lipinski definition) is 1. The first-order chi connectivity index (χ1) is 10.1. The molecular formula is C19H31NO. The van der Waals surface area contributed by atoms with Crippen molar-refractivity contribution >= 4 is 11.6 Å². The first-order valence-corrected chi connectivity index (χ1v) is 8.50. The molecule has 0 saturated carbocycles. The van der Waals surface area contributed by atoms with Crippen LogP contribution in [0.3, 0.4) is 0 Å². The fourth-order valence-corrected chi connectivity index (χ4v) is 2.69. The Bertz CT molecular complexity index is 405. The van der Waals surface area contributed by atoms with Gasteiger partial charge in [-0.25, -0.2) is 0 Å². The Labute approximate surface area is 130 Å². The number of unbranched alkanes of at least 4 members (excludes halogenated alkanes) is 7. The summed E-state index contributed by atoms with van der Waals surface area (Å²) in [6, 6.07) is 6.17. The van der Waals surface area contributed by atoms with Crippen molar-refractivity contribution in [3.8, 4) is 0 Å². The molecule has 0 radical (unpaired) electrons. The van der Waals surface area contributed by atoms with Gasteiger partial charge in [-0.2, -0.15) is 0 Å². The fourth-order valence-electron chi connectivity index (χ4n) is 2.69. The molecule has 118 valence electrons. The molecule has 0 aliphatic rings. The number of hydrogen-bond donors (Lipinski definition) is 1. The first kappa shape index (κ1) is 17.7. The van der Waals surface area contributed by atoms with Gasteiger partial charge < -0.3 is 5.32 Å². The molecule has 1 N–H and O–H groups in total. The zero-order valence-corrected chi connectivity index (χ0v) is 14.0. The van der Waals surface area contributed by atoms with Gasteiger partial charge in [0.05, 0.1) is 0 Å². The molecule has 1 aromatic carbocycles. The minimum atomic E-state index is 0.144. The van der Waals surface area contributed by atoms with E-state index in [0.29, 0.717) is 6.42 Å². The quantitative estimate of drug-likeness (QED) is 0.544. The molecule has 0 aliphatic heterocycles. The van der Waals surface area contributed by atoms with Crippen molar-refractivity contribution in [2.45, 2.75) is 78.6 Å². The normalized spacial score (nSPS) is 10.6. The monoisotopic (exact) mass is 289 g/mol. The highest BCUT2D eigenvalue weighted by molar-refractivity contribution is 5.90. The lowest BCUT2D eigenvalue weighted by Gasteiger charge is -2.07. The predicted octanol–water partition coefficient (Wildman–Crippen LogP) is 5.77. The second-order valence-corrected chi connectivity index (χ2v) is 6.15. The molecule has 0 spiro atoms. The van der Waals surface area contributed by atoms with Crippen molar-refractivity contribution in [2.75, 3.05) is 5.32 Å². The Kier molecular flexibility index (Phi) is 8.80. The fraction of sp³-hybridized carbons (Fsp3) is 0.632. The maximum Gasteiger partial charge on any atom is 0.224 e. The van der Waals surface area contributed by atoms with Crippen LogP contribution in [0, 0.1) is 13.8 Å². The van der Waals surface area contributed by atoms with Crippen LogP contribution < -0.4 is 5.32 Å². The molecule has 1 amide bonds. The average molecular weight is 289 g/mol. The third-order valence-electron chi connectivity index (χ3n) is 3.76. The minimum absolute atomic E-state index is 0.144. The Hall–Kier alpha value is -1.31. The van der Waals surface area contributed by atoms with Gasteiger partial charge in [-0.05, 0) is 43.5 Å². The van der Waals surface area contributed by atoms with Crippen LogP contribution in [-0.2, 0) is 4.79 Å². The second-order valence-electron chi connectivity index (χ2n) is 6.15. The van der Waals surface area contributed by atoms with E-state index in [4.69, 9.17) is 0 Å². The summed E-state index contributed by atoms with van der Waals surface area (Å²) in [6.07, 6.45) is 10.8. The van der Waals surface area contributed by atoms with Crippen molar-refractivity contribution in [3.05, 3.63) is 29.3 Å². The van der Waals surface area contributed by atoms with Crippen LogP contribution in [-0.4, -0.2) is 5.91 Å². The highest BCUT2D eigenvalue weighted by Gasteiger charge is 2.03. The topological polar surface area (TPSA) is 29.1 Å². The highest BCUT2D eigenvalue weighted by atomic mass is 16.1. The number of nitrogens with one attached hydrogen (secondary N) is 1. The Morgan fingerprint density at radius 2 is 1.38 bits per heavy atom. The van der Waals surface area contributed by atoms with E-state index in [9.17, 15) is 4.79 Å². The Balaban J connectivity index is 2.11. The van der Waals surface area contributed by atoms with E-state index in [2.05, 4.69) is 32.2 Å². The average Bonchev–Trinajstić information content (AvgIpc) is 2.40. The van der Waals surface area contributed by atoms with Gasteiger partial charge in [0, 0.05) is 12.1 Å². The maximum absolute atomic E-state index is 11.9. The zero-order chi connectivity index (χ0) is 15.5. The molecule has 0 fully saturated rings. The van der Waals surface area contributed by atoms with Crippen LogP contribution in [0.15, 0.2) is 18.2 Å². The van der Waals surface area contributed by atoms with E-state index in [1.165, 1.54) is 56.1 Å². The van der Waals surface area contributed by atoms with E-state index in [-0.39, 0.29) is 5.91 Å². The number of benzene rings is 1. The largest absolute Gasteiger partial charge is 0.326 e. The summed E-state index contributed by atoms with van der Waals surface area (Å²) < 4.78 is 0. The first-order valence-electron chi connectivity index (χ1n) is 8.50. The van der Waals surface area contributed by atoms with Gasteiger partial charge in [0.15, 0.2) is 0 Å². The molecular weight excluding hydrogens is 258 g/mol. The van der Waals surface area contributed by atoms with Gasteiger partial charge in [0.25, 0.3) is 0 Å². The Morgan fingerprint density at radius 3 is 1.95 bits per heavy atom. The summed E-state index contributed by atoms with van der Waals surface area (Å²) in [5.74, 6) is 0.144. The van der Waals surface area contributed by atoms with Gasteiger partial charge in [-0.1, -0.05) is 57.9 Å². The van der Waals surface area contributed by atoms with Crippen molar-refractivity contribution in [1.82, 2.24) is 0 Å². The van der Waals surface area contributed by atoms with Crippen LogP contribution in [0.1, 0.15) is 75.8 Å². The summed E-state index contributed by atoms with van der Waals surface area (Å²) in [4.78, 5) is 11.9. The smallest absolute Gasteiger partial charge is 0.224 e. The number of anilines is 1. The zero-order valence-electron chi connectivity index (χ0n) is 14.0. The van der Waals surface area contributed by atoms with Crippen molar-refractivity contribution in [3.63, 3.8) is 0 Å². The van der Waals surface area contributed by atoms with E-state index >= 15 is 0 Å². The number of amides is 1. The summed E-state index contributed by atoms with van der Waals surface area (Å²) in [5, 5.41) is 3.00. The third-order valence-corrected chi connectivity index (χ3v) is 3.76. The van der Waals surface area contributed by atoms with Crippen LogP contribution in [0.25, 0.3) is 0 Å². The minimum Gasteiger partial charge on any atom is -0.326 e. The predicted molar refractivity (Wildman–Crippen MR) is 91.8 cm³/mol. The Morgan fingerprint density at radius 1 is 0.857 bits per heavy atom. The lowest BCUT2D eigenvalue weighted by molar-refractivity contribution is -0.116. The maximum atomic E-state index is 11.9. The molecule has 2 nitrogen and oxygen atoms in total. The van der Waals surface area contributed by atoms with Crippen LogP contribution >= 0.6 is 0 Å². The number of carbonyl (C=O) groups is 1. The van der Waals surface area contributed by atoms with E-state index < -0.39 is 0 Å². The lowest BCUT2D eigenvalue weighted by atomic mass is 10.1. The van der Waals surface area contributed by atoms with E-state index in [1.807, 2.05) is 12.1 Å². The van der Waals surface area contributed by atoms with E-state index in [1.54, 1.807) is 0 Å². The molecule has 2 heteroatoms. The van der Waals surface area contributed by atoms with Crippen molar-refractivity contribution in [2.24, 2.45) is 0 Å². The summed E-state index contributed by atoms with van der Waals surface area (Å²) >= 11 is 0. The third kappa shape index (κ3) is 8.54. The molecule has 21 heavy (non-hydrogen) atoms. The SMILES string of the molecule is CCCCCCCCCCC(=O)Nc1cc(C)cc(C)c1. The molecule has 0 bridgehead atoms. The molecule has 0 atom stereocenters. The number of rotatable bonds is 10. The standard InChI is InChI=1S/C19H31NO/c1-4-5-6-7-8-9-10-11-12-19(21)20-18-14-16(2)13-17(3)15-18/h13-15H,4-12H2,1-3H3,(H,20,21). The second kappa shape index (κ2) is 10.4. The van der Waals surface area contributed by atoms with Gasteiger partial charge in [0.2, 0.25) is 5.91 Å². The van der Waals surface area contributed by atoms with E-state index in [0.717, 1.165) is 12.1 Å². The molecule has 0 aliphatic carbocycles. The number of carbonyl (C=O) groups excluding carboxylic acids is 1. The summed E-state index contributed by atoms with van der Waals surface area (Å²) in [5.41, 5.74) is 3.31. The van der Waals surface area contributed by atoms with Gasteiger partial charge in [-0.3, -0.25) is 4.79 Å². The molecule has 1 aromatic rings. The molecule has 0 heterocycles. The number of aryl methyl sites for hydroxylation is 2. The van der Waals surface area contributed by atoms with Gasteiger partial charge in [0.1, 0.15) is 0 Å². The molecule has 1 rings (SSSR count). The summed E-state index contributed by atoms with van der Waals surface area (Å²) in [6.45, 7) is 6.36. The highest BCUT2D eigenvalue weighted by Crippen LogP contribution is 2.15. The van der Waals surface area contributed by atoms with Gasteiger partial charge >= 0.3 is 0 Å². The lowest BCUT2D eigenvalue weighted by Crippen LogP contribution is -2.11.